The maximum atomic E-state index is 13.0. The highest BCUT2D eigenvalue weighted by atomic mass is 19.4. The molecule has 0 radical (unpaired) electrons. The minimum absolute atomic E-state index is 0.0176. The number of unbranched alkanes of at least 4 members (excludes halogenated alkanes) is 1. The van der Waals surface area contributed by atoms with Gasteiger partial charge in [0.15, 0.2) is 0 Å². The first-order valence-corrected chi connectivity index (χ1v) is 6.80. The average Bonchev–Trinajstić information content (AvgIpc) is 2.42. The van der Waals surface area contributed by atoms with Crippen molar-refractivity contribution in [3.63, 3.8) is 0 Å². The largest absolute Gasteiger partial charge is 0.418 e. The zero-order valence-electron chi connectivity index (χ0n) is 11.7. The lowest BCUT2D eigenvalue weighted by molar-refractivity contribution is -0.137. The SMILES string of the molecule is CCCCC(CC)Nc1ccc(C#N)cc1C(F)(F)F. The van der Waals surface area contributed by atoms with Gasteiger partial charge in [0.25, 0.3) is 0 Å². The smallest absolute Gasteiger partial charge is 0.382 e. The van der Waals surface area contributed by atoms with Gasteiger partial charge in [-0.25, -0.2) is 0 Å². The van der Waals surface area contributed by atoms with Gasteiger partial charge in [-0.15, -0.1) is 0 Å². The molecular weight excluding hydrogens is 265 g/mol. The zero-order chi connectivity index (χ0) is 15.2. The lowest BCUT2D eigenvalue weighted by Gasteiger charge is -2.21. The minimum atomic E-state index is -4.46. The Morgan fingerprint density at radius 2 is 2.00 bits per heavy atom. The number of nitriles is 1. The van der Waals surface area contributed by atoms with E-state index in [1.165, 1.54) is 12.1 Å². The van der Waals surface area contributed by atoms with Gasteiger partial charge in [0, 0.05) is 11.7 Å². The van der Waals surface area contributed by atoms with E-state index in [1.54, 1.807) is 6.07 Å². The van der Waals surface area contributed by atoms with Gasteiger partial charge in [0.1, 0.15) is 0 Å². The number of rotatable bonds is 6. The molecule has 5 heteroatoms. The van der Waals surface area contributed by atoms with Crippen LogP contribution in [-0.2, 0) is 6.18 Å². The fourth-order valence-electron chi connectivity index (χ4n) is 2.02. The number of alkyl halides is 3. The lowest BCUT2D eigenvalue weighted by atomic mass is 10.0. The molecule has 0 spiro atoms. The maximum Gasteiger partial charge on any atom is 0.418 e. The van der Waals surface area contributed by atoms with Crippen LogP contribution < -0.4 is 5.32 Å². The number of nitrogens with one attached hydrogen (secondary N) is 1. The van der Waals surface area contributed by atoms with E-state index in [0.717, 1.165) is 31.7 Å². The Bertz CT molecular complexity index is 475. The molecule has 1 rings (SSSR count). The second-order valence-corrected chi connectivity index (χ2v) is 4.76. The second-order valence-electron chi connectivity index (χ2n) is 4.76. The molecule has 110 valence electrons. The normalized spacial score (nSPS) is 12.8. The third-order valence-electron chi connectivity index (χ3n) is 3.21. The van der Waals surface area contributed by atoms with Gasteiger partial charge in [0.2, 0.25) is 0 Å². The molecule has 2 nitrogen and oxygen atoms in total. The van der Waals surface area contributed by atoms with Crippen LogP contribution in [0.1, 0.15) is 50.7 Å². The quantitative estimate of drug-likeness (QED) is 0.801. The molecule has 1 unspecified atom stereocenters. The summed E-state index contributed by atoms with van der Waals surface area (Å²) in [6.45, 7) is 4.00. The topological polar surface area (TPSA) is 35.8 Å². The molecule has 0 fully saturated rings. The Hall–Kier alpha value is -1.70. The Morgan fingerprint density at radius 3 is 2.50 bits per heavy atom. The zero-order valence-corrected chi connectivity index (χ0v) is 11.7. The number of hydrogen-bond donors (Lipinski definition) is 1. The van der Waals surface area contributed by atoms with E-state index in [2.05, 4.69) is 12.2 Å². The van der Waals surface area contributed by atoms with Crippen LogP contribution in [0.5, 0.6) is 0 Å². The first-order chi connectivity index (χ1) is 9.42. The van der Waals surface area contributed by atoms with Crippen LogP contribution in [0.15, 0.2) is 18.2 Å². The average molecular weight is 284 g/mol. The molecule has 0 aliphatic rings. The highest BCUT2D eigenvalue weighted by Crippen LogP contribution is 2.36. The standard InChI is InChI=1S/C15H19F3N2/c1-3-5-6-12(4-2)20-14-8-7-11(10-19)9-13(14)15(16,17)18/h7-9,12,20H,3-6H2,1-2H3. The lowest BCUT2D eigenvalue weighted by Crippen LogP contribution is -2.21. The molecule has 1 aromatic rings. The molecule has 0 aromatic heterocycles. The summed E-state index contributed by atoms with van der Waals surface area (Å²) in [6, 6.07) is 5.41. The van der Waals surface area contributed by atoms with Gasteiger partial charge < -0.3 is 5.32 Å². The van der Waals surface area contributed by atoms with E-state index < -0.39 is 11.7 Å². The molecule has 0 amide bonds. The summed E-state index contributed by atoms with van der Waals surface area (Å²) in [5.74, 6) is 0. The number of anilines is 1. The first-order valence-electron chi connectivity index (χ1n) is 6.80. The summed E-state index contributed by atoms with van der Waals surface area (Å²) in [5.41, 5.74) is -0.699. The van der Waals surface area contributed by atoms with Crippen molar-refractivity contribution in [3.05, 3.63) is 29.3 Å². The Morgan fingerprint density at radius 1 is 1.30 bits per heavy atom. The van der Waals surface area contributed by atoms with E-state index in [4.69, 9.17) is 5.26 Å². The van der Waals surface area contributed by atoms with Crippen LogP contribution in [0.4, 0.5) is 18.9 Å². The Labute approximate surface area is 117 Å². The fourth-order valence-corrected chi connectivity index (χ4v) is 2.02. The molecule has 0 bridgehead atoms. The van der Waals surface area contributed by atoms with Crippen molar-refractivity contribution in [3.8, 4) is 6.07 Å². The van der Waals surface area contributed by atoms with Crippen molar-refractivity contribution < 1.29 is 13.2 Å². The third kappa shape index (κ3) is 4.44. The van der Waals surface area contributed by atoms with E-state index in [9.17, 15) is 13.2 Å². The van der Waals surface area contributed by atoms with Crippen molar-refractivity contribution in [1.82, 2.24) is 0 Å². The third-order valence-corrected chi connectivity index (χ3v) is 3.21. The van der Waals surface area contributed by atoms with Crippen LogP contribution >= 0.6 is 0 Å². The molecule has 0 aliphatic carbocycles. The van der Waals surface area contributed by atoms with Gasteiger partial charge in [-0.2, -0.15) is 18.4 Å². The monoisotopic (exact) mass is 284 g/mol. The van der Waals surface area contributed by atoms with E-state index >= 15 is 0 Å². The van der Waals surface area contributed by atoms with Gasteiger partial charge in [-0.05, 0) is 31.0 Å². The highest BCUT2D eigenvalue weighted by molar-refractivity contribution is 5.56. The van der Waals surface area contributed by atoms with Crippen molar-refractivity contribution in [2.75, 3.05) is 5.32 Å². The van der Waals surface area contributed by atoms with Crippen molar-refractivity contribution in [1.29, 1.82) is 5.26 Å². The van der Waals surface area contributed by atoms with Gasteiger partial charge >= 0.3 is 6.18 Å². The predicted octanol–water partition coefficient (Wildman–Crippen LogP) is 4.96. The number of benzene rings is 1. The summed E-state index contributed by atoms with van der Waals surface area (Å²) < 4.78 is 39.1. The maximum absolute atomic E-state index is 13.0. The minimum Gasteiger partial charge on any atom is -0.382 e. The van der Waals surface area contributed by atoms with E-state index in [0.29, 0.717) is 0 Å². The summed E-state index contributed by atoms with van der Waals surface area (Å²) in [7, 11) is 0. The first kappa shape index (κ1) is 16.4. The van der Waals surface area contributed by atoms with Crippen molar-refractivity contribution >= 4 is 5.69 Å². The van der Waals surface area contributed by atoms with Crippen LogP contribution in [-0.4, -0.2) is 6.04 Å². The molecule has 0 heterocycles. The molecule has 0 aliphatic heterocycles. The van der Waals surface area contributed by atoms with Gasteiger partial charge in [-0.3, -0.25) is 0 Å². The molecule has 1 aromatic carbocycles. The van der Waals surface area contributed by atoms with Crippen LogP contribution in [0.3, 0.4) is 0 Å². The summed E-state index contributed by atoms with van der Waals surface area (Å²) >= 11 is 0. The summed E-state index contributed by atoms with van der Waals surface area (Å²) in [4.78, 5) is 0. The Kier molecular flexibility index (Phi) is 5.87. The second kappa shape index (κ2) is 7.18. The van der Waals surface area contributed by atoms with Crippen LogP contribution in [0.25, 0.3) is 0 Å². The van der Waals surface area contributed by atoms with E-state index in [-0.39, 0.29) is 17.3 Å². The van der Waals surface area contributed by atoms with Crippen molar-refractivity contribution in [2.45, 2.75) is 51.7 Å². The van der Waals surface area contributed by atoms with Crippen LogP contribution in [0, 0.1) is 11.3 Å². The molecular formula is C15H19F3N2. The molecule has 1 N–H and O–H groups in total. The summed E-state index contributed by atoms with van der Waals surface area (Å²) in [6.07, 6.45) is -0.874. The van der Waals surface area contributed by atoms with Crippen LogP contribution in [0.2, 0.25) is 0 Å². The van der Waals surface area contributed by atoms with Gasteiger partial charge in [-0.1, -0.05) is 26.7 Å². The number of halogens is 3. The number of hydrogen-bond acceptors (Lipinski definition) is 2. The predicted molar refractivity (Wildman–Crippen MR) is 73.4 cm³/mol. The molecule has 1 atom stereocenters. The van der Waals surface area contributed by atoms with Gasteiger partial charge in [0.05, 0.1) is 17.2 Å². The van der Waals surface area contributed by atoms with E-state index in [1.807, 2.05) is 6.92 Å². The highest BCUT2D eigenvalue weighted by Gasteiger charge is 2.34. The summed E-state index contributed by atoms with van der Waals surface area (Å²) in [5, 5.41) is 11.7. The van der Waals surface area contributed by atoms with Crippen molar-refractivity contribution in [2.24, 2.45) is 0 Å². The number of nitrogens with zero attached hydrogens (tertiary/aromatic N) is 1. The fraction of sp³-hybridized carbons (Fsp3) is 0.533. The molecule has 0 saturated heterocycles. The molecule has 0 saturated carbocycles. The molecule has 20 heavy (non-hydrogen) atoms. The Balaban J connectivity index is 3.02.